The van der Waals surface area contributed by atoms with Gasteiger partial charge in [-0.25, -0.2) is 4.98 Å². The van der Waals surface area contributed by atoms with E-state index in [9.17, 15) is 4.79 Å². The van der Waals surface area contributed by atoms with E-state index in [1.54, 1.807) is 18.2 Å². The zero-order chi connectivity index (χ0) is 12.4. The smallest absolute Gasteiger partial charge is 0.235 e. The first kappa shape index (κ1) is 11.9. The second-order valence-corrected chi connectivity index (χ2v) is 4.08. The third kappa shape index (κ3) is 2.75. The molecule has 0 fully saturated rings. The Labute approximate surface area is 107 Å². The predicted molar refractivity (Wildman–Crippen MR) is 67.0 cm³/mol. The number of benzene rings is 1. The van der Waals surface area contributed by atoms with Crippen LogP contribution in [0.1, 0.15) is 6.92 Å². The highest BCUT2D eigenvalue weighted by atomic mass is 35.5. The van der Waals surface area contributed by atoms with Crippen LogP contribution in [0.15, 0.2) is 18.2 Å². The van der Waals surface area contributed by atoms with E-state index in [-0.39, 0.29) is 11.2 Å². The van der Waals surface area contributed by atoms with Gasteiger partial charge in [-0.15, -0.1) is 0 Å². The van der Waals surface area contributed by atoms with Crippen molar-refractivity contribution in [3.63, 3.8) is 0 Å². The number of halogens is 2. The molecule has 7 heteroatoms. The number of amides is 1. The summed E-state index contributed by atoms with van der Waals surface area (Å²) in [5.74, 6) is 0.189. The van der Waals surface area contributed by atoms with Gasteiger partial charge < -0.3 is 0 Å². The van der Waals surface area contributed by atoms with E-state index < -0.39 is 0 Å². The minimum atomic E-state index is -0.234. The van der Waals surface area contributed by atoms with Crippen LogP contribution in [0.5, 0.6) is 0 Å². The second-order valence-electron chi connectivity index (χ2n) is 3.31. The maximum absolute atomic E-state index is 10.8. The van der Waals surface area contributed by atoms with Crippen molar-refractivity contribution in [3.8, 4) is 0 Å². The molecule has 0 radical (unpaired) electrons. The number of nitrogens with one attached hydrogen (secondary N) is 2. The van der Waals surface area contributed by atoms with Crippen LogP contribution < -0.4 is 10.9 Å². The van der Waals surface area contributed by atoms with E-state index >= 15 is 0 Å². The second kappa shape index (κ2) is 4.73. The molecular weight excluding hydrogens is 263 g/mol. The van der Waals surface area contributed by atoms with E-state index in [1.165, 1.54) is 6.92 Å². The molecule has 0 aliphatic heterocycles. The number of aromatic nitrogens is 2. The molecule has 2 aromatic rings. The third-order valence-corrected chi connectivity index (χ3v) is 2.39. The predicted octanol–water partition coefficient (Wildman–Crippen LogP) is 2.40. The van der Waals surface area contributed by atoms with Gasteiger partial charge in [-0.1, -0.05) is 11.6 Å². The summed E-state index contributed by atoms with van der Waals surface area (Å²) in [5, 5.41) is 1.35. The van der Waals surface area contributed by atoms with Gasteiger partial charge in [0.1, 0.15) is 0 Å². The zero-order valence-electron chi connectivity index (χ0n) is 8.79. The Kier molecular flexibility index (Phi) is 3.31. The maximum atomic E-state index is 10.8. The van der Waals surface area contributed by atoms with Crippen molar-refractivity contribution in [1.82, 2.24) is 15.4 Å². The van der Waals surface area contributed by atoms with Crippen molar-refractivity contribution in [2.24, 2.45) is 0 Å². The Bertz CT molecular complexity index is 583. The number of rotatable bonds is 2. The lowest BCUT2D eigenvalue weighted by Crippen LogP contribution is -2.27. The Morgan fingerprint density at radius 3 is 2.76 bits per heavy atom. The number of hydrazine groups is 1. The first-order chi connectivity index (χ1) is 8.06. The third-order valence-electron chi connectivity index (χ3n) is 1.99. The molecule has 0 bridgehead atoms. The molecule has 0 aliphatic rings. The van der Waals surface area contributed by atoms with Gasteiger partial charge in [0.15, 0.2) is 5.82 Å². The number of fused-ring (bicyclic) bond motifs is 1. The lowest BCUT2D eigenvalue weighted by atomic mass is 10.2. The Balaban J connectivity index is 2.50. The first-order valence-electron chi connectivity index (χ1n) is 4.71. The number of hydrogen-bond donors (Lipinski definition) is 2. The Hall–Kier alpha value is -1.59. The minimum Gasteiger partial charge on any atom is -0.281 e. The van der Waals surface area contributed by atoms with Gasteiger partial charge in [0.2, 0.25) is 11.2 Å². The SMILES string of the molecule is CC(=O)NNc1nc(Cl)nc2cc(Cl)ccc12. The molecular formula is C10H8Cl2N4O. The molecule has 1 amide bonds. The fourth-order valence-corrected chi connectivity index (χ4v) is 1.66. The average molecular weight is 271 g/mol. The molecule has 17 heavy (non-hydrogen) atoms. The number of anilines is 1. The van der Waals surface area contributed by atoms with Crippen LogP contribution >= 0.6 is 23.2 Å². The van der Waals surface area contributed by atoms with Crippen LogP contribution in [-0.4, -0.2) is 15.9 Å². The highest BCUT2D eigenvalue weighted by Gasteiger charge is 2.07. The number of hydrogen-bond acceptors (Lipinski definition) is 4. The van der Waals surface area contributed by atoms with Crippen molar-refractivity contribution >= 4 is 45.8 Å². The van der Waals surface area contributed by atoms with Crippen LogP contribution in [0, 0.1) is 0 Å². The molecule has 88 valence electrons. The van der Waals surface area contributed by atoms with E-state index in [4.69, 9.17) is 23.2 Å². The lowest BCUT2D eigenvalue weighted by Gasteiger charge is -2.08. The first-order valence-corrected chi connectivity index (χ1v) is 5.47. The summed E-state index contributed by atoms with van der Waals surface area (Å²) in [6.07, 6.45) is 0. The molecule has 1 aromatic carbocycles. The van der Waals surface area contributed by atoms with Gasteiger partial charge in [-0.3, -0.25) is 15.6 Å². The highest BCUT2D eigenvalue weighted by molar-refractivity contribution is 6.31. The largest absolute Gasteiger partial charge is 0.281 e. The van der Waals surface area contributed by atoms with Crippen LogP contribution in [0.3, 0.4) is 0 Å². The molecule has 0 unspecified atom stereocenters. The zero-order valence-corrected chi connectivity index (χ0v) is 10.3. The molecule has 0 spiro atoms. The summed E-state index contributed by atoms with van der Waals surface area (Å²) in [6, 6.07) is 5.13. The van der Waals surface area contributed by atoms with E-state index in [0.717, 1.165) is 0 Å². The van der Waals surface area contributed by atoms with Crippen molar-refractivity contribution in [3.05, 3.63) is 28.5 Å². The van der Waals surface area contributed by atoms with Crippen LogP contribution in [0.25, 0.3) is 10.9 Å². The van der Waals surface area contributed by atoms with Gasteiger partial charge in [0.05, 0.1) is 5.52 Å². The fraction of sp³-hybridized carbons (Fsp3) is 0.100. The van der Waals surface area contributed by atoms with Gasteiger partial charge >= 0.3 is 0 Å². The number of carbonyl (C=O) groups excluding carboxylic acids is 1. The summed E-state index contributed by atoms with van der Waals surface area (Å²) in [5.41, 5.74) is 5.70. The Morgan fingerprint density at radius 1 is 1.29 bits per heavy atom. The summed E-state index contributed by atoms with van der Waals surface area (Å²) in [7, 11) is 0. The molecule has 0 atom stereocenters. The van der Waals surface area contributed by atoms with Gasteiger partial charge in [-0.05, 0) is 29.8 Å². The standard InChI is InChI=1S/C10H8Cl2N4O/c1-5(17)15-16-9-7-3-2-6(11)4-8(7)13-10(12)14-9/h2-4H,1H3,(H,15,17)(H,13,14,16). The van der Waals surface area contributed by atoms with E-state index in [1.807, 2.05) is 0 Å². The summed E-state index contributed by atoms with van der Waals surface area (Å²) in [4.78, 5) is 18.9. The van der Waals surface area contributed by atoms with E-state index in [0.29, 0.717) is 21.7 Å². The molecule has 2 rings (SSSR count). The molecule has 2 N–H and O–H groups in total. The molecule has 0 aliphatic carbocycles. The van der Waals surface area contributed by atoms with Crippen molar-refractivity contribution in [1.29, 1.82) is 0 Å². The summed E-state index contributed by atoms with van der Waals surface area (Å²) in [6.45, 7) is 1.38. The topological polar surface area (TPSA) is 66.9 Å². The van der Waals surface area contributed by atoms with Gasteiger partial charge in [0.25, 0.3) is 0 Å². The highest BCUT2D eigenvalue weighted by Crippen LogP contribution is 2.24. The summed E-state index contributed by atoms with van der Waals surface area (Å²) >= 11 is 11.6. The van der Waals surface area contributed by atoms with Crippen LogP contribution in [-0.2, 0) is 4.79 Å². The van der Waals surface area contributed by atoms with Crippen molar-refractivity contribution < 1.29 is 4.79 Å². The quantitative estimate of drug-likeness (QED) is 0.650. The van der Waals surface area contributed by atoms with Crippen LogP contribution in [0.4, 0.5) is 5.82 Å². The van der Waals surface area contributed by atoms with Gasteiger partial charge in [0, 0.05) is 17.3 Å². The lowest BCUT2D eigenvalue weighted by molar-refractivity contribution is -0.118. The monoisotopic (exact) mass is 270 g/mol. The summed E-state index contributed by atoms with van der Waals surface area (Å²) < 4.78 is 0. The number of nitrogens with zero attached hydrogens (tertiary/aromatic N) is 2. The molecule has 1 heterocycles. The fourth-order valence-electron chi connectivity index (χ4n) is 1.32. The molecule has 0 saturated carbocycles. The minimum absolute atomic E-state index is 0.0765. The van der Waals surface area contributed by atoms with Crippen molar-refractivity contribution in [2.45, 2.75) is 6.92 Å². The van der Waals surface area contributed by atoms with E-state index in [2.05, 4.69) is 20.8 Å². The van der Waals surface area contributed by atoms with Crippen LogP contribution in [0.2, 0.25) is 10.3 Å². The Morgan fingerprint density at radius 2 is 2.06 bits per heavy atom. The maximum Gasteiger partial charge on any atom is 0.235 e. The molecule has 0 saturated heterocycles. The van der Waals surface area contributed by atoms with Crippen molar-refractivity contribution in [2.75, 3.05) is 5.43 Å². The molecule has 1 aromatic heterocycles. The molecule has 5 nitrogen and oxygen atoms in total. The average Bonchev–Trinajstić information content (AvgIpc) is 2.24. The normalized spacial score (nSPS) is 10.3. The van der Waals surface area contributed by atoms with Gasteiger partial charge in [-0.2, -0.15) is 4.98 Å². The number of carbonyl (C=O) groups is 1.